The molecule has 43 heavy (non-hydrogen) atoms. The second-order valence-corrected chi connectivity index (χ2v) is 15.4. The molecule has 1 aliphatic rings. The van der Waals surface area contributed by atoms with Gasteiger partial charge >= 0.3 is 6.09 Å². The van der Waals surface area contributed by atoms with Gasteiger partial charge in [-0.2, -0.15) is 5.10 Å². The number of halogens is 2. The molecule has 224 valence electrons. The Balaban J connectivity index is 1.37. The van der Waals surface area contributed by atoms with Gasteiger partial charge in [0.2, 0.25) is 0 Å². The Labute approximate surface area is 275 Å². The minimum Gasteiger partial charge on any atom is -0.444 e. The summed E-state index contributed by atoms with van der Waals surface area (Å²) in [4.78, 5) is 24.8. The van der Waals surface area contributed by atoms with Gasteiger partial charge in [-0.1, -0.05) is 30.7 Å². The van der Waals surface area contributed by atoms with Gasteiger partial charge in [0.1, 0.15) is 16.1 Å². The SMILES string of the molecule is CCc1c(C)cc2nc(-c3ccc4c(n3)c(C3CCN(C(=O)OC(C)(C)C)CC3)nn4PI)sc2c1-c1ccc(Cl)cc1. The number of aromatic nitrogens is 4. The van der Waals surface area contributed by atoms with Crippen LogP contribution in [0.1, 0.15) is 63.3 Å². The van der Waals surface area contributed by atoms with Crippen molar-refractivity contribution in [2.45, 2.75) is 65.4 Å². The van der Waals surface area contributed by atoms with Crippen LogP contribution in [0, 0.1) is 6.92 Å². The molecule has 2 aromatic carbocycles. The zero-order valence-electron chi connectivity index (χ0n) is 24.9. The number of rotatable bonds is 5. The number of thiazole rings is 1. The van der Waals surface area contributed by atoms with Crippen molar-refractivity contribution in [3.05, 3.63) is 64.3 Å². The quantitative estimate of drug-likeness (QED) is 0.132. The summed E-state index contributed by atoms with van der Waals surface area (Å²) in [6, 6.07) is 14.5. The Hall–Kier alpha value is -2.33. The van der Waals surface area contributed by atoms with Crippen LogP contribution < -0.4 is 0 Å². The first kappa shape index (κ1) is 30.7. The first-order chi connectivity index (χ1) is 20.6. The zero-order valence-corrected chi connectivity index (χ0v) is 29.6. The molecule has 0 bridgehead atoms. The van der Waals surface area contributed by atoms with Crippen molar-refractivity contribution in [2.24, 2.45) is 0 Å². The molecule has 7 nitrogen and oxygen atoms in total. The molecule has 1 amide bonds. The first-order valence-corrected chi connectivity index (χ1v) is 19.8. The maximum atomic E-state index is 12.6. The molecule has 0 spiro atoms. The number of nitrogens with zero attached hydrogens (tertiary/aromatic N) is 5. The summed E-state index contributed by atoms with van der Waals surface area (Å²) >= 11 is 10.3. The Bertz CT molecular complexity index is 1820. The van der Waals surface area contributed by atoms with E-state index in [1.54, 1.807) is 11.3 Å². The highest BCUT2D eigenvalue weighted by Crippen LogP contribution is 2.42. The highest BCUT2D eigenvalue weighted by Gasteiger charge is 2.30. The van der Waals surface area contributed by atoms with Gasteiger partial charge in [0.15, 0.2) is 0 Å². The highest BCUT2D eigenvalue weighted by molar-refractivity contribution is 14.2. The average molecular weight is 746 g/mol. The maximum Gasteiger partial charge on any atom is 0.410 e. The van der Waals surface area contributed by atoms with Gasteiger partial charge in [-0.3, -0.25) is 0 Å². The minimum absolute atomic E-state index is 0.222. The van der Waals surface area contributed by atoms with Gasteiger partial charge in [-0.25, -0.2) is 19.2 Å². The summed E-state index contributed by atoms with van der Waals surface area (Å²) < 4.78 is 8.83. The third kappa shape index (κ3) is 6.15. The third-order valence-corrected chi connectivity index (χ3v) is 11.1. The number of benzene rings is 2. The lowest BCUT2D eigenvalue weighted by molar-refractivity contribution is 0.0204. The minimum atomic E-state index is -0.503. The van der Waals surface area contributed by atoms with Crippen molar-refractivity contribution in [1.82, 2.24) is 24.4 Å². The average Bonchev–Trinajstić information content (AvgIpc) is 3.57. The fourth-order valence-corrected chi connectivity index (χ4v) is 8.62. The van der Waals surface area contributed by atoms with Crippen LogP contribution in [0.5, 0.6) is 0 Å². The predicted octanol–water partition coefficient (Wildman–Crippen LogP) is 9.81. The number of fused-ring (bicyclic) bond motifs is 2. The molecule has 1 aliphatic heterocycles. The summed E-state index contributed by atoms with van der Waals surface area (Å²) in [5.41, 5.74) is 9.27. The number of hydrogen-bond donors (Lipinski definition) is 0. The topological polar surface area (TPSA) is 73.1 Å². The number of pyridine rings is 1. The van der Waals surface area contributed by atoms with E-state index in [2.05, 4.69) is 70.7 Å². The fraction of sp³-hybridized carbons (Fsp3) is 0.375. The van der Waals surface area contributed by atoms with E-state index in [4.69, 9.17) is 31.4 Å². The van der Waals surface area contributed by atoms with Crippen molar-refractivity contribution in [3.8, 4) is 21.8 Å². The summed E-state index contributed by atoms with van der Waals surface area (Å²) in [6.07, 6.45) is 2.81. The summed E-state index contributed by atoms with van der Waals surface area (Å²) in [5.74, 6) is 0.222. The number of amides is 1. The second kappa shape index (κ2) is 12.2. The summed E-state index contributed by atoms with van der Waals surface area (Å²) in [6.45, 7) is 11.4. The van der Waals surface area contributed by atoms with Crippen LogP contribution in [0.2, 0.25) is 5.02 Å². The number of hydrogen-bond acceptors (Lipinski definition) is 6. The molecule has 1 saturated heterocycles. The maximum absolute atomic E-state index is 12.6. The lowest BCUT2D eigenvalue weighted by Crippen LogP contribution is -2.41. The van der Waals surface area contributed by atoms with Gasteiger partial charge in [0.25, 0.3) is 0 Å². The molecule has 1 atom stereocenters. The Morgan fingerprint density at radius 2 is 1.86 bits per heavy atom. The van der Waals surface area contributed by atoms with Gasteiger partial charge in [0.05, 0.1) is 33.5 Å². The standard InChI is InChI=1S/C32H34ClIN5O2PS/c1-6-22-18(2)17-24-29(26(22)19-7-9-21(33)10-8-19)43-30(36-24)23-11-12-25-28(35-23)27(37-39(25)42-34)20-13-15-38(16-14-20)31(40)41-32(3,4)5/h7-12,17,20,42H,6,13-16H2,1-5H3. The van der Waals surface area contributed by atoms with Crippen molar-refractivity contribution < 1.29 is 9.53 Å². The molecule has 0 aliphatic carbocycles. The van der Waals surface area contributed by atoms with Crippen molar-refractivity contribution in [2.75, 3.05) is 13.1 Å². The molecular weight excluding hydrogens is 712 g/mol. The number of piperidine rings is 1. The van der Waals surface area contributed by atoms with E-state index >= 15 is 0 Å². The van der Waals surface area contributed by atoms with E-state index in [9.17, 15) is 4.79 Å². The lowest BCUT2D eigenvalue weighted by atomic mass is 9.93. The molecule has 0 radical (unpaired) electrons. The van der Waals surface area contributed by atoms with E-state index < -0.39 is 5.60 Å². The summed E-state index contributed by atoms with van der Waals surface area (Å²) in [7, 11) is 0. The molecule has 11 heteroatoms. The summed E-state index contributed by atoms with van der Waals surface area (Å²) in [5, 5.41) is 6.66. The van der Waals surface area contributed by atoms with Gasteiger partial charge in [-0.15, -0.1) is 11.3 Å². The second-order valence-electron chi connectivity index (χ2n) is 12.0. The van der Waals surface area contributed by atoms with Crippen LogP contribution in [0.15, 0.2) is 42.5 Å². The van der Waals surface area contributed by atoms with E-state index in [1.165, 1.54) is 21.4 Å². The van der Waals surface area contributed by atoms with E-state index in [1.807, 2.05) is 37.8 Å². The van der Waals surface area contributed by atoms with E-state index in [0.717, 1.165) is 62.8 Å². The van der Waals surface area contributed by atoms with Crippen molar-refractivity contribution in [1.29, 1.82) is 0 Å². The van der Waals surface area contributed by atoms with Crippen molar-refractivity contribution in [3.63, 3.8) is 0 Å². The van der Waals surface area contributed by atoms with Crippen LogP contribution in [0.4, 0.5) is 4.79 Å². The van der Waals surface area contributed by atoms with Crippen molar-refractivity contribution >= 4 is 78.7 Å². The van der Waals surface area contributed by atoms with Crippen LogP contribution >= 0.6 is 51.4 Å². The molecule has 6 rings (SSSR count). The molecule has 1 fully saturated rings. The van der Waals surface area contributed by atoms with Crippen LogP contribution in [-0.2, 0) is 11.2 Å². The number of aryl methyl sites for hydroxylation is 1. The molecule has 3 aromatic heterocycles. The molecule has 1 unspecified atom stereocenters. The predicted molar refractivity (Wildman–Crippen MR) is 188 cm³/mol. The third-order valence-electron chi connectivity index (χ3n) is 7.88. The molecule has 5 aromatic rings. The first-order valence-electron chi connectivity index (χ1n) is 14.5. The lowest BCUT2D eigenvalue weighted by Gasteiger charge is -2.32. The Morgan fingerprint density at radius 1 is 1.14 bits per heavy atom. The van der Waals surface area contributed by atoms with Crippen LogP contribution in [0.3, 0.4) is 0 Å². The fourth-order valence-electron chi connectivity index (χ4n) is 5.86. The molecule has 4 heterocycles. The number of ether oxygens (including phenoxy) is 1. The van der Waals surface area contributed by atoms with E-state index in [0.29, 0.717) is 19.5 Å². The Kier molecular flexibility index (Phi) is 8.72. The largest absolute Gasteiger partial charge is 0.444 e. The smallest absolute Gasteiger partial charge is 0.410 e. The van der Waals surface area contributed by atoms with Gasteiger partial charge < -0.3 is 9.64 Å². The number of likely N-dealkylation sites (tertiary alicyclic amines) is 1. The molecular formula is C32H34ClIN5O2PS. The monoisotopic (exact) mass is 745 g/mol. The Morgan fingerprint density at radius 3 is 2.51 bits per heavy atom. The number of carbonyl (C=O) groups is 1. The normalized spacial score (nSPS) is 14.9. The van der Waals surface area contributed by atoms with Crippen LogP contribution in [0.25, 0.3) is 43.1 Å². The van der Waals surface area contributed by atoms with Gasteiger partial charge in [0, 0.05) is 29.6 Å². The van der Waals surface area contributed by atoms with E-state index in [-0.39, 0.29) is 12.0 Å². The molecule has 0 N–H and O–H groups in total. The number of carbonyl (C=O) groups excluding carboxylic acids is 1. The molecule has 0 saturated carbocycles. The zero-order chi connectivity index (χ0) is 30.5. The van der Waals surface area contributed by atoms with Gasteiger partial charge in [-0.05, 0) is 116 Å². The van der Waals surface area contributed by atoms with Crippen LogP contribution in [-0.4, -0.2) is 49.2 Å². The highest BCUT2D eigenvalue weighted by atomic mass is 127.